The van der Waals surface area contributed by atoms with Gasteiger partial charge in [0, 0.05) is 25.2 Å². The van der Waals surface area contributed by atoms with E-state index < -0.39 is 23.8 Å². The summed E-state index contributed by atoms with van der Waals surface area (Å²) in [6, 6.07) is 13.0. The lowest BCUT2D eigenvalue weighted by Crippen LogP contribution is -2.54. The highest BCUT2D eigenvalue weighted by molar-refractivity contribution is 6.23. The average Bonchev–Trinajstić information content (AvgIpc) is 3.27. The molecule has 1 saturated heterocycles. The fraction of sp³-hybridized carbons (Fsp3) is 0.304. The first kappa shape index (κ1) is 18.5. The highest BCUT2D eigenvalue weighted by Crippen LogP contribution is 2.33. The fourth-order valence-electron chi connectivity index (χ4n) is 4.70. The molecule has 1 fully saturated rings. The molecule has 1 atom stereocenters. The van der Waals surface area contributed by atoms with Gasteiger partial charge in [-0.15, -0.1) is 0 Å². The molecular formula is C23H21N3O4. The van der Waals surface area contributed by atoms with Crippen molar-refractivity contribution in [2.75, 3.05) is 11.9 Å². The minimum Gasteiger partial charge on any atom is -0.371 e. The van der Waals surface area contributed by atoms with Crippen LogP contribution in [-0.2, 0) is 22.4 Å². The lowest BCUT2D eigenvalue weighted by molar-refractivity contribution is -0.136. The number of amides is 4. The summed E-state index contributed by atoms with van der Waals surface area (Å²) in [4.78, 5) is 52.6. The third-order valence-corrected chi connectivity index (χ3v) is 6.41. The number of rotatable bonds is 3. The maximum atomic E-state index is 13.0. The van der Waals surface area contributed by atoms with Crippen LogP contribution >= 0.6 is 0 Å². The Balaban J connectivity index is 1.40. The molecule has 0 bridgehead atoms. The van der Waals surface area contributed by atoms with E-state index in [2.05, 4.69) is 22.3 Å². The second-order valence-corrected chi connectivity index (χ2v) is 8.12. The summed E-state index contributed by atoms with van der Waals surface area (Å²) in [5.74, 6) is -1.93. The zero-order chi connectivity index (χ0) is 21.0. The van der Waals surface area contributed by atoms with Gasteiger partial charge >= 0.3 is 0 Å². The summed E-state index contributed by atoms with van der Waals surface area (Å²) in [5.41, 5.74) is 4.15. The molecule has 1 aliphatic carbocycles. The monoisotopic (exact) mass is 403 g/mol. The van der Waals surface area contributed by atoms with Crippen LogP contribution in [0.1, 0.15) is 44.7 Å². The summed E-state index contributed by atoms with van der Waals surface area (Å²) in [6.07, 6.45) is 2.13. The standard InChI is InChI=1S/C23H21N3O4/c1-25(16-10-13-4-2-3-5-14(13)11-16)15-6-7-17-18(12-15)23(30)26(22(17)29)19-8-9-20(27)24-21(19)28/h2-7,12,16,19H,8-11H2,1H3,(H,24,27,28). The molecule has 4 amide bonds. The molecule has 152 valence electrons. The lowest BCUT2D eigenvalue weighted by Gasteiger charge is -2.28. The number of hydrogen-bond acceptors (Lipinski definition) is 5. The van der Waals surface area contributed by atoms with Gasteiger partial charge in [-0.25, -0.2) is 0 Å². The van der Waals surface area contributed by atoms with E-state index in [9.17, 15) is 19.2 Å². The first-order valence-corrected chi connectivity index (χ1v) is 10.1. The zero-order valence-corrected chi connectivity index (χ0v) is 16.6. The minimum absolute atomic E-state index is 0.111. The summed E-state index contributed by atoms with van der Waals surface area (Å²) in [7, 11) is 2.00. The van der Waals surface area contributed by atoms with E-state index in [1.165, 1.54) is 11.1 Å². The molecule has 1 N–H and O–H groups in total. The molecule has 2 aliphatic heterocycles. The van der Waals surface area contributed by atoms with Crippen LogP contribution in [0.2, 0.25) is 0 Å². The van der Waals surface area contributed by atoms with Crippen molar-refractivity contribution in [2.45, 2.75) is 37.8 Å². The van der Waals surface area contributed by atoms with Gasteiger partial charge in [-0.05, 0) is 48.6 Å². The normalized spacial score (nSPS) is 21.0. The van der Waals surface area contributed by atoms with Crippen molar-refractivity contribution >= 4 is 29.3 Å². The lowest BCUT2D eigenvalue weighted by atomic mass is 10.0. The summed E-state index contributed by atoms with van der Waals surface area (Å²) < 4.78 is 0. The van der Waals surface area contributed by atoms with E-state index >= 15 is 0 Å². The molecule has 7 heteroatoms. The molecule has 3 aliphatic rings. The van der Waals surface area contributed by atoms with Crippen molar-refractivity contribution in [2.24, 2.45) is 0 Å². The number of carbonyl (C=O) groups excluding carboxylic acids is 4. The molecule has 7 nitrogen and oxygen atoms in total. The maximum absolute atomic E-state index is 13.0. The second-order valence-electron chi connectivity index (χ2n) is 8.12. The quantitative estimate of drug-likeness (QED) is 0.789. The van der Waals surface area contributed by atoms with Crippen LogP contribution in [0.5, 0.6) is 0 Å². The third-order valence-electron chi connectivity index (χ3n) is 6.41. The van der Waals surface area contributed by atoms with Crippen LogP contribution in [0.25, 0.3) is 0 Å². The number of hydrogen-bond donors (Lipinski definition) is 1. The Morgan fingerprint density at radius 1 is 0.933 bits per heavy atom. The van der Waals surface area contributed by atoms with Crippen molar-refractivity contribution < 1.29 is 19.2 Å². The Hall–Kier alpha value is -3.48. The molecule has 5 rings (SSSR count). The first-order valence-electron chi connectivity index (χ1n) is 10.1. The van der Waals surface area contributed by atoms with E-state index in [0.29, 0.717) is 11.1 Å². The van der Waals surface area contributed by atoms with E-state index in [-0.39, 0.29) is 24.8 Å². The van der Waals surface area contributed by atoms with Gasteiger partial charge in [0.25, 0.3) is 11.8 Å². The van der Waals surface area contributed by atoms with Crippen LogP contribution in [0.15, 0.2) is 42.5 Å². The van der Waals surface area contributed by atoms with Gasteiger partial charge in [0.15, 0.2) is 0 Å². The molecule has 2 heterocycles. The molecule has 0 radical (unpaired) electrons. The fourth-order valence-corrected chi connectivity index (χ4v) is 4.70. The van der Waals surface area contributed by atoms with Crippen molar-refractivity contribution in [3.63, 3.8) is 0 Å². The molecule has 1 unspecified atom stereocenters. The predicted octanol–water partition coefficient (Wildman–Crippen LogP) is 1.69. The Morgan fingerprint density at radius 2 is 1.60 bits per heavy atom. The number of imide groups is 2. The van der Waals surface area contributed by atoms with Gasteiger partial charge in [0.2, 0.25) is 11.8 Å². The Morgan fingerprint density at radius 3 is 2.27 bits per heavy atom. The molecule has 0 spiro atoms. The Kier molecular flexibility index (Phi) is 4.20. The molecule has 2 aromatic rings. The first-order chi connectivity index (χ1) is 14.4. The smallest absolute Gasteiger partial charge is 0.262 e. The summed E-state index contributed by atoms with van der Waals surface area (Å²) >= 11 is 0. The number of carbonyl (C=O) groups is 4. The molecule has 0 aromatic heterocycles. The number of nitrogens with zero attached hydrogens (tertiary/aromatic N) is 2. The molecular weight excluding hydrogens is 382 g/mol. The number of likely N-dealkylation sites (N-methyl/N-ethyl adjacent to an activating group) is 1. The second kappa shape index (κ2) is 6.79. The van der Waals surface area contributed by atoms with Gasteiger partial charge in [-0.2, -0.15) is 0 Å². The van der Waals surface area contributed by atoms with Crippen molar-refractivity contribution in [1.29, 1.82) is 0 Å². The maximum Gasteiger partial charge on any atom is 0.262 e. The van der Waals surface area contributed by atoms with Crippen LogP contribution in [0.3, 0.4) is 0 Å². The minimum atomic E-state index is -0.944. The van der Waals surface area contributed by atoms with Gasteiger partial charge in [-0.3, -0.25) is 29.4 Å². The number of nitrogens with one attached hydrogen (secondary N) is 1. The largest absolute Gasteiger partial charge is 0.371 e. The third kappa shape index (κ3) is 2.81. The van der Waals surface area contributed by atoms with Crippen LogP contribution in [0.4, 0.5) is 5.69 Å². The molecule has 30 heavy (non-hydrogen) atoms. The molecule has 2 aromatic carbocycles. The van der Waals surface area contributed by atoms with Crippen LogP contribution in [-0.4, -0.2) is 47.7 Å². The zero-order valence-electron chi connectivity index (χ0n) is 16.6. The van der Waals surface area contributed by atoms with E-state index in [4.69, 9.17) is 0 Å². The average molecular weight is 403 g/mol. The van der Waals surface area contributed by atoms with E-state index in [0.717, 1.165) is 23.4 Å². The Labute approximate surface area is 173 Å². The highest BCUT2D eigenvalue weighted by atomic mass is 16.2. The summed E-state index contributed by atoms with van der Waals surface area (Å²) in [6.45, 7) is 0. The highest BCUT2D eigenvalue weighted by Gasteiger charge is 2.44. The van der Waals surface area contributed by atoms with E-state index in [1.54, 1.807) is 12.1 Å². The Bertz CT molecular complexity index is 1080. The predicted molar refractivity (Wildman–Crippen MR) is 109 cm³/mol. The topological polar surface area (TPSA) is 86.8 Å². The molecule has 0 saturated carbocycles. The van der Waals surface area contributed by atoms with Gasteiger partial charge < -0.3 is 4.90 Å². The van der Waals surface area contributed by atoms with Crippen molar-refractivity contribution in [3.05, 3.63) is 64.7 Å². The number of anilines is 1. The van der Waals surface area contributed by atoms with Crippen LogP contribution < -0.4 is 10.2 Å². The number of benzene rings is 2. The van der Waals surface area contributed by atoms with Crippen molar-refractivity contribution in [1.82, 2.24) is 10.2 Å². The van der Waals surface area contributed by atoms with Gasteiger partial charge in [-0.1, -0.05) is 24.3 Å². The van der Waals surface area contributed by atoms with Gasteiger partial charge in [0.05, 0.1) is 11.1 Å². The SMILES string of the molecule is CN(c1ccc2c(c1)C(=O)N(C1CCC(=O)NC1=O)C2=O)C1Cc2ccccc2C1. The van der Waals surface area contributed by atoms with E-state index in [1.807, 2.05) is 25.2 Å². The summed E-state index contributed by atoms with van der Waals surface area (Å²) in [5, 5.41) is 2.22. The van der Waals surface area contributed by atoms with Gasteiger partial charge in [0.1, 0.15) is 6.04 Å². The van der Waals surface area contributed by atoms with Crippen LogP contribution in [0, 0.1) is 0 Å². The number of fused-ring (bicyclic) bond motifs is 2. The number of piperidine rings is 1. The van der Waals surface area contributed by atoms with Crippen molar-refractivity contribution in [3.8, 4) is 0 Å².